The van der Waals surface area contributed by atoms with E-state index in [4.69, 9.17) is 0 Å². The summed E-state index contributed by atoms with van der Waals surface area (Å²) in [5.74, 6) is 1.06. The summed E-state index contributed by atoms with van der Waals surface area (Å²) in [5.41, 5.74) is 2.01. The molecule has 1 atom stereocenters. The lowest BCUT2D eigenvalue weighted by Crippen LogP contribution is -2.35. The van der Waals surface area contributed by atoms with Gasteiger partial charge in [-0.3, -0.25) is 4.79 Å². The Labute approximate surface area is 126 Å². The molecule has 0 spiro atoms. The molecular formula is C17H25N3O. The summed E-state index contributed by atoms with van der Waals surface area (Å²) in [6.45, 7) is 6.67. The van der Waals surface area contributed by atoms with E-state index in [-0.39, 0.29) is 11.9 Å². The fourth-order valence-electron chi connectivity index (χ4n) is 2.69. The Morgan fingerprint density at radius 2 is 2.05 bits per heavy atom. The predicted octanol–water partition coefficient (Wildman–Crippen LogP) is 3.29. The molecule has 0 saturated carbocycles. The molecule has 0 aliphatic carbocycles. The van der Waals surface area contributed by atoms with E-state index >= 15 is 0 Å². The summed E-state index contributed by atoms with van der Waals surface area (Å²) in [4.78, 5) is 16.9. The van der Waals surface area contributed by atoms with Crippen molar-refractivity contribution in [2.75, 3.05) is 0 Å². The number of hydrogen-bond donors (Lipinski definition) is 1. The maximum Gasteiger partial charge on any atom is 0.240 e. The number of carbonyl (C=O) groups is 1. The van der Waals surface area contributed by atoms with Crippen LogP contribution in [0.3, 0.4) is 0 Å². The predicted molar refractivity (Wildman–Crippen MR) is 86.2 cm³/mol. The first-order chi connectivity index (χ1) is 10.2. The smallest absolute Gasteiger partial charge is 0.240 e. The molecule has 1 aromatic heterocycles. The lowest BCUT2D eigenvalue weighted by molar-refractivity contribution is -0.122. The van der Waals surface area contributed by atoms with Gasteiger partial charge < -0.3 is 9.88 Å². The number of aromatic nitrogens is 2. The van der Waals surface area contributed by atoms with Crippen LogP contribution in [0.25, 0.3) is 11.0 Å². The van der Waals surface area contributed by atoms with Gasteiger partial charge in [0.05, 0.1) is 11.0 Å². The Balaban J connectivity index is 2.19. The van der Waals surface area contributed by atoms with Gasteiger partial charge in [0, 0.05) is 12.5 Å². The summed E-state index contributed by atoms with van der Waals surface area (Å²) in [5, 5.41) is 3.07. The van der Waals surface area contributed by atoms with Gasteiger partial charge in [-0.1, -0.05) is 32.4 Å². The van der Waals surface area contributed by atoms with Gasteiger partial charge in [0.2, 0.25) is 5.91 Å². The standard InChI is InChI=1S/C17H25N3O/c1-4-8-13(3)18-17(21)12-20-15-11-7-6-10-14(15)19-16(20)9-5-2/h6-7,10-11,13H,4-5,8-9,12H2,1-3H3,(H,18,21). The molecule has 1 N–H and O–H groups in total. The highest BCUT2D eigenvalue weighted by atomic mass is 16.2. The molecule has 1 amide bonds. The Morgan fingerprint density at radius 1 is 1.29 bits per heavy atom. The van der Waals surface area contributed by atoms with Gasteiger partial charge in [-0.25, -0.2) is 4.98 Å². The first-order valence-electron chi connectivity index (χ1n) is 7.89. The first-order valence-corrected chi connectivity index (χ1v) is 7.89. The number of fused-ring (bicyclic) bond motifs is 1. The number of nitrogens with zero attached hydrogens (tertiary/aromatic N) is 2. The van der Waals surface area contributed by atoms with Gasteiger partial charge in [0.15, 0.2) is 0 Å². The average molecular weight is 287 g/mol. The highest BCUT2D eigenvalue weighted by Gasteiger charge is 2.14. The molecule has 1 heterocycles. The molecule has 0 saturated heterocycles. The van der Waals surface area contributed by atoms with Crippen molar-refractivity contribution in [2.45, 2.75) is 59.0 Å². The van der Waals surface area contributed by atoms with Crippen LogP contribution in [0.1, 0.15) is 45.9 Å². The summed E-state index contributed by atoms with van der Waals surface area (Å²) < 4.78 is 2.05. The maximum absolute atomic E-state index is 12.2. The molecule has 2 aromatic rings. The minimum atomic E-state index is 0.0662. The number of benzene rings is 1. The van der Waals surface area contributed by atoms with Gasteiger partial charge in [0.25, 0.3) is 0 Å². The van der Waals surface area contributed by atoms with Crippen molar-refractivity contribution in [3.63, 3.8) is 0 Å². The van der Waals surface area contributed by atoms with Gasteiger partial charge >= 0.3 is 0 Å². The fourth-order valence-corrected chi connectivity index (χ4v) is 2.69. The van der Waals surface area contributed by atoms with Crippen molar-refractivity contribution in [3.05, 3.63) is 30.1 Å². The van der Waals surface area contributed by atoms with E-state index in [1.807, 2.05) is 28.8 Å². The summed E-state index contributed by atoms with van der Waals surface area (Å²) in [7, 11) is 0. The van der Waals surface area contributed by atoms with Gasteiger partial charge in [-0.15, -0.1) is 0 Å². The molecule has 114 valence electrons. The Kier molecular flexibility index (Phi) is 5.37. The number of amides is 1. The zero-order valence-corrected chi connectivity index (χ0v) is 13.2. The Hall–Kier alpha value is -1.84. The zero-order valence-electron chi connectivity index (χ0n) is 13.2. The fraction of sp³-hybridized carbons (Fsp3) is 0.529. The van der Waals surface area contributed by atoms with E-state index in [0.717, 1.165) is 42.5 Å². The Bertz CT molecular complexity index is 603. The summed E-state index contributed by atoms with van der Waals surface area (Å²) in [6, 6.07) is 8.24. The van der Waals surface area contributed by atoms with Crippen LogP contribution in [0.4, 0.5) is 0 Å². The first kappa shape index (κ1) is 15.5. The number of imidazole rings is 1. The Morgan fingerprint density at radius 3 is 2.76 bits per heavy atom. The van der Waals surface area contributed by atoms with Crippen molar-refractivity contribution >= 4 is 16.9 Å². The van der Waals surface area contributed by atoms with Crippen LogP contribution in [-0.2, 0) is 17.8 Å². The molecule has 0 fully saturated rings. The molecule has 4 heteroatoms. The molecule has 0 aliphatic rings. The van der Waals surface area contributed by atoms with Crippen molar-refractivity contribution in [1.82, 2.24) is 14.9 Å². The average Bonchev–Trinajstić information content (AvgIpc) is 2.77. The van der Waals surface area contributed by atoms with Gasteiger partial charge in [-0.05, 0) is 31.9 Å². The van der Waals surface area contributed by atoms with Crippen molar-refractivity contribution < 1.29 is 4.79 Å². The summed E-state index contributed by atoms with van der Waals surface area (Å²) in [6.07, 6.45) is 4.01. The molecular weight excluding hydrogens is 262 g/mol. The SMILES string of the molecule is CCCc1nc2ccccc2n1CC(=O)NC(C)CCC. The second-order valence-corrected chi connectivity index (χ2v) is 5.61. The highest BCUT2D eigenvalue weighted by Crippen LogP contribution is 2.17. The molecule has 21 heavy (non-hydrogen) atoms. The van der Waals surface area contributed by atoms with Crippen LogP contribution in [0, 0.1) is 0 Å². The number of aryl methyl sites for hydroxylation is 1. The highest BCUT2D eigenvalue weighted by molar-refractivity contribution is 5.81. The van der Waals surface area contributed by atoms with Crippen LogP contribution >= 0.6 is 0 Å². The topological polar surface area (TPSA) is 46.9 Å². The van der Waals surface area contributed by atoms with Crippen LogP contribution < -0.4 is 5.32 Å². The van der Waals surface area contributed by atoms with Crippen LogP contribution in [0.15, 0.2) is 24.3 Å². The third kappa shape index (κ3) is 3.84. The van der Waals surface area contributed by atoms with E-state index in [2.05, 4.69) is 31.1 Å². The maximum atomic E-state index is 12.2. The molecule has 0 bridgehead atoms. The number of rotatable bonds is 7. The van der Waals surface area contributed by atoms with E-state index in [9.17, 15) is 4.79 Å². The quantitative estimate of drug-likeness (QED) is 0.849. The number of carbonyl (C=O) groups excluding carboxylic acids is 1. The van der Waals surface area contributed by atoms with Crippen LogP contribution in [0.2, 0.25) is 0 Å². The minimum Gasteiger partial charge on any atom is -0.352 e. The lowest BCUT2D eigenvalue weighted by Gasteiger charge is -2.14. The van der Waals surface area contributed by atoms with Crippen LogP contribution in [0.5, 0.6) is 0 Å². The zero-order chi connectivity index (χ0) is 15.2. The molecule has 1 aromatic carbocycles. The van der Waals surface area contributed by atoms with E-state index in [1.165, 1.54) is 0 Å². The van der Waals surface area contributed by atoms with Crippen molar-refractivity contribution in [3.8, 4) is 0 Å². The summed E-state index contributed by atoms with van der Waals surface area (Å²) >= 11 is 0. The van der Waals surface area contributed by atoms with Crippen LogP contribution in [-0.4, -0.2) is 21.5 Å². The van der Waals surface area contributed by atoms with E-state index in [1.54, 1.807) is 0 Å². The minimum absolute atomic E-state index is 0.0662. The molecule has 4 nitrogen and oxygen atoms in total. The normalized spacial score (nSPS) is 12.5. The number of hydrogen-bond acceptors (Lipinski definition) is 2. The molecule has 2 rings (SSSR count). The largest absolute Gasteiger partial charge is 0.352 e. The monoisotopic (exact) mass is 287 g/mol. The molecule has 1 unspecified atom stereocenters. The number of nitrogens with one attached hydrogen (secondary N) is 1. The van der Waals surface area contributed by atoms with Gasteiger partial charge in [-0.2, -0.15) is 0 Å². The molecule has 0 aliphatic heterocycles. The van der Waals surface area contributed by atoms with E-state index in [0.29, 0.717) is 6.54 Å². The van der Waals surface area contributed by atoms with Crippen molar-refractivity contribution in [2.24, 2.45) is 0 Å². The van der Waals surface area contributed by atoms with E-state index < -0.39 is 0 Å². The molecule has 0 radical (unpaired) electrons. The lowest BCUT2D eigenvalue weighted by atomic mass is 10.2. The number of para-hydroxylation sites is 2. The second-order valence-electron chi connectivity index (χ2n) is 5.61. The third-order valence-electron chi connectivity index (χ3n) is 3.64. The second kappa shape index (κ2) is 7.25. The third-order valence-corrected chi connectivity index (χ3v) is 3.64. The van der Waals surface area contributed by atoms with Gasteiger partial charge in [0.1, 0.15) is 12.4 Å². The van der Waals surface area contributed by atoms with Crippen molar-refractivity contribution in [1.29, 1.82) is 0 Å².